The van der Waals surface area contributed by atoms with Crippen LogP contribution >= 0.6 is 11.8 Å². The Labute approximate surface area is 145 Å². The first kappa shape index (κ1) is 18.8. The Kier molecular flexibility index (Phi) is 5.59. The summed E-state index contributed by atoms with van der Waals surface area (Å²) in [4.78, 5) is 24.3. The Morgan fingerprint density at radius 2 is 1.92 bits per heavy atom. The number of benzene rings is 1. The van der Waals surface area contributed by atoms with Crippen molar-refractivity contribution >= 4 is 33.5 Å². The summed E-state index contributed by atoms with van der Waals surface area (Å²) in [6.45, 7) is 1.84. The molecule has 8 heteroatoms. The number of sulfone groups is 1. The summed E-state index contributed by atoms with van der Waals surface area (Å²) in [5, 5.41) is 12.1. The van der Waals surface area contributed by atoms with E-state index in [0.29, 0.717) is 36.3 Å². The monoisotopic (exact) mass is 371 g/mol. The number of hydrogen-bond acceptors (Lipinski definition) is 5. The van der Waals surface area contributed by atoms with Gasteiger partial charge in [-0.15, -0.1) is 0 Å². The second kappa shape index (κ2) is 7.14. The molecule has 0 spiro atoms. The molecular formula is C16H21NO5S2. The molecule has 0 aromatic heterocycles. The number of aryl methyl sites for hydroxylation is 1. The van der Waals surface area contributed by atoms with E-state index in [0.717, 1.165) is 6.26 Å². The van der Waals surface area contributed by atoms with E-state index in [2.05, 4.69) is 5.32 Å². The fourth-order valence-electron chi connectivity index (χ4n) is 2.73. The predicted octanol–water partition coefficient (Wildman–Crippen LogP) is 1.73. The number of carbonyl (C=O) groups is 2. The smallest absolute Gasteiger partial charge is 0.329 e. The van der Waals surface area contributed by atoms with Crippen molar-refractivity contribution in [3.63, 3.8) is 0 Å². The Balaban J connectivity index is 2.34. The summed E-state index contributed by atoms with van der Waals surface area (Å²) in [5.74, 6) is -0.284. The van der Waals surface area contributed by atoms with E-state index in [-0.39, 0.29) is 10.5 Å². The van der Waals surface area contributed by atoms with Gasteiger partial charge in [0.1, 0.15) is 5.54 Å². The van der Waals surface area contributed by atoms with Gasteiger partial charge in [-0.05, 0) is 48.5 Å². The molecule has 24 heavy (non-hydrogen) atoms. The van der Waals surface area contributed by atoms with Gasteiger partial charge in [-0.2, -0.15) is 11.8 Å². The molecule has 0 radical (unpaired) electrons. The summed E-state index contributed by atoms with van der Waals surface area (Å²) in [6, 6.07) is 4.47. The van der Waals surface area contributed by atoms with Gasteiger partial charge in [-0.25, -0.2) is 13.2 Å². The third-order valence-electron chi connectivity index (χ3n) is 4.22. The fourth-order valence-corrected chi connectivity index (χ4v) is 4.95. The van der Waals surface area contributed by atoms with Crippen LogP contribution in [0.1, 0.15) is 35.7 Å². The molecule has 1 aromatic rings. The number of carboxylic acid groups (broad SMARTS) is 1. The number of amides is 1. The Morgan fingerprint density at radius 1 is 1.29 bits per heavy atom. The average Bonchev–Trinajstić information content (AvgIpc) is 2.54. The van der Waals surface area contributed by atoms with Gasteiger partial charge >= 0.3 is 5.97 Å². The lowest BCUT2D eigenvalue weighted by Crippen LogP contribution is -2.56. The van der Waals surface area contributed by atoms with E-state index in [1.54, 1.807) is 17.8 Å². The number of carboxylic acids is 1. The topological polar surface area (TPSA) is 101 Å². The first-order valence-corrected chi connectivity index (χ1v) is 10.7. The maximum atomic E-state index is 12.5. The highest BCUT2D eigenvalue weighted by molar-refractivity contribution is 7.99. The maximum absolute atomic E-state index is 12.5. The van der Waals surface area contributed by atoms with E-state index in [9.17, 15) is 23.1 Å². The highest BCUT2D eigenvalue weighted by atomic mass is 32.2. The van der Waals surface area contributed by atoms with Crippen LogP contribution in [0.2, 0.25) is 0 Å². The van der Waals surface area contributed by atoms with E-state index < -0.39 is 27.3 Å². The molecule has 0 bridgehead atoms. The van der Waals surface area contributed by atoms with Crippen molar-refractivity contribution in [1.82, 2.24) is 5.32 Å². The van der Waals surface area contributed by atoms with E-state index in [1.165, 1.54) is 12.1 Å². The highest BCUT2D eigenvalue weighted by Gasteiger charge is 2.41. The van der Waals surface area contributed by atoms with Crippen LogP contribution < -0.4 is 5.32 Å². The molecule has 0 saturated carbocycles. The summed E-state index contributed by atoms with van der Waals surface area (Å²) in [5.41, 5.74) is -0.487. The fraction of sp³-hybridized carbons (Fsp3) is 0.500. The molecule has 1 aliphatic rings. The quantitative estimate of drug-likeness (QED) is 0.818. The summed E-state index contributed by atoms with van der Waals surface area (Å²) < 4.78 is 23.8. The molecule has 1 saturated heterocycles. The second-order valence-electron chi connectivity index (χ2n) is 5.90. The number of aliphatic carboxylic acids is 1. The molecule has 0 unspecified atom stereocenters. The van der Waals surface area contributed by atoms with Crippen molar-refractivity contribution in [3.8, 4) is 0 Å². The van der Waals surface area contributed by atoms with Gasteiger partial charge in [-0.1, -0.05) is 13.0 Å². The van der Waals surface area contributed by atoms with Gasteiger partial charge in [0, 0.05) is 11.8 Å². The van der Waals surface area contributed by atoms with Gasteiger partial charge < -0.3 is 10.4 Å². The van der Waals surface area contributed by atoms with Crippen molar-refractivity contribution in [2.45, 2.75) is 36.6 Å². The van der Waals surface area contributed by atoms with Crippen LogP contribution in [-0.2, 0) is 21.1 Å². The first-order chi connectivity index (χ1) is 11.2. The minimum Gasteiger partial charge on any atom is -0.480 e. The summed E-state index contributed by atoms with van der Waals surface area (Å²) in [6.07, 6.45) is 2.33. The van der Waals surface area contributed by atoms with Crippen LogP contribution in [0.3, 0.4) is 0 Å². The molecule has 1 aromatic carbocycles. The molecule has 0 atom stereocenters. The zero-order valence-electron chi connectivity index (χ0n) is 13.7. The van der Waals surface area contributed by atoms with Gasteiger partial charge in [0.15, 0.2) is 9.84 Å². The third kappa shape index (κ3) is 3.92. The summed E-state index contributed by atoms with van der Waals surface area (Å²) >= 11 is 1.65. The van der Waals surface area contributed by atoms with Crippen LogP contribution in [0.15, 0.2) is 23.1 Å². The molecule has 132 valence electrons. The largest absolute Gasteiger partial charge is 0.480 e. The van der Waals surface area contributed by atoms with Crippen molar-refractivity contribution in [2.75, 3.05) is 17.8 Å². The normalized spacial score (nSPS) is 17.2. The van der Waals surface area contributed by atoms with Crippen molar-refractivity contribution in [1.29, 1.82) is 0 Å². The number of rotatable bonds is 5. The summed E-state index contributed by atoms with van der Waals surface area (Å²) in [7, 11) is -3.47. The molecule has 0 aliphatic carbocycles. The Morgan fingerprint density at radius 3 is 2.42 bits per heavy atom. The minimum atomic E-state index is -3.47. The van der Waals surface area contributed by atoms with Crippen molar-refractivity contribution < 1.29 is 23.1 Å². The number of hydrogen-bond donors (Lipinski definition) is 2. The van der Waals surface area contributed by atoms with E-state index in [4.69, 9.17) is 0 Å². The van der Waals surface area contributed by atoms with Crippen LogP contribution in [0, 0.1) is 0 Å². The SMILES string of the molecule is CCc1ccc(C(=O)NC2(C(=O)O)CCSCC2)cc1S(C)(=O)=O. The molecule has 2 rings (SSSR count). The first-order valence-electron chi connectivity index (χ1n) is 7.66. The van der Waals surface area contributed by atoms with E-state index in [1.807, 2.05) is 6.92 Å². The molecular weight excluding hydrogens is 350 g/mol. The number of thioether (sulfide) groups is 1. The number of carbonyl (C=O) groups excluding carboxylic acids is 1. The maximum Gasteiger partial charge on any atom is 0.329 e. The molecule has 1 aliphatic heterocycles. The van der Waals surface area contributed by atoms with Crippen LogP contribution in [0.4, 0.5) is 0 Å². The predicted molar refractivity (Wildman–Crippen MR) is 93.3 cm³/mol. The molecule has 1 heterocycles. The lowest BCUT2D eigenvalue weighted by atomic mass is 9.91. The van der Waals surface area contributed by atoms with Gasteiger partial charge in [0.2, 0.25) is 0 Å². The van der Waals surface area contributed by atoms with Crippen molar-refractivity contribution in [3.05, 3.63) is 29.3 Å². The van der Waals surface area contributed by atoms with Crippen LogP contribution in [0.5, 0.6) is 0 Å². The van der Waals surface area contributed by atoms with Gasteiger partial charge in [-0.3, -0.25) is 4.79 Å². The zero-order chi connectivity index (χ0) is 18.0. The molecule has 1 fully saturated rings. The molecule has 2 N–H and O–H groups in total. The zero-order valence-corrected chi connectivity index (χ0v) is 15.3. The van der Waals surface area contributed by atoms with E-state index >= 15 is 0 Å². The van der Waals surface area contributed by atoms with Crippen LogP contribution in [0.25, 0.3) is 0 Å². The standard InChI is InChI=1S/C16H21NO5S2/c1-3-11-4-5-12(10-13(11)24(2,21)22)14(18)17-16(15(19)20)6-8-23-9-7-16/h4-5,10H,3,6-9H2,1-2H3,(H,17,18)(H,19,20). The van der Waals surface area contributed by atoms with Gasteiger partial charge in [0.05, 0.1) is 4.90 Å². The van der Waals surface area contributed by atoms with Crippen molar-refractivity contribution in [2.24, 2.45) is 0 Å². The Bertz CT molecular complexity index is 752. The molecule has 6 nitrogen and oxygen atoms in total. The molecule has 1 amide bonds. The lowest BCUT2D eigenvalue weighted by Gasteiger charge is -2.33. The average molecular weight is 371 g/mol. The Hall–Kier alpha value is -1.54. The lowest BCUT2D eigenvalue weighted by molar-refractivity contribution is -0.144. The van der Waals surface area contributed by atoms with Crippen LogP contribution in [-0.4, -0.2) is 48.7 Å². The highest BCUT2D eigenvalue weighted by Crippen LogP contribution is 2.28. The van der Waals surface area contributed by atoms with Gasteiger partial charge in [0.25, 0.3) is 5.91 Å². The third-order valence-corrected chi connectivity index (χ3v) is 6.38. The second-order valence-corrected chi connectivity index (χ2v) is 9.11. The number of nitrogens with one attached hydrogen (secondary N) is 1. The minimum absolute atomic E-state index is 0.112.